The Hall–Kier alpha value is -12.8. The van der Waals surface area contributed by atoms with Gasteiger partial charge in [0.2, 0.25) is 0 Å². The van der Waals surface area contributed by atoms with Gasteiger partial charge in [-0.1, -0.05) is 166 Å². The molecule has 0 fully saturated rings. The minimum absolute atomic E-state index is 0.418. The van der Waals surface area contributed by atoms with E-state index in [1.807, 2.05) is 24.6 Å². The molecule has 0 atom stereocenters. The Morgan fingerprint density at radius 2 is 1.11 bits per heavy atom. The zero-order valence-corrected chi connectivity index (χ0v) is 52.9. The lowest BCUT2D eigenvalue weighted by atomic mass is 9.76. The van der Waals surface area contributed by atoms with Crippen molar-refractivity contribution in [2.24, 2.45) is 0 Å². The van der Waals surface area contributed by atoms with Gasteiger partial charge in [-0.3, -0.25) is 4.90 Å². The van der Waals surface area contributed by atoms with Crippen molar-refractivity contribution in [3.63, 3.8) is 0 Å². The molecule has 456 valence electrons. The molecule has 0 amide bonds. The third-order valence-corrected chi connectivity index (χ3v) is 20.4. The van der Waals surface area contributed by atoms with E-state index in [4.69, 9.17) is 23.5 Å². The van der Waals surface area contributed by atoms with Crippen LogP contribution in [-0.4, -0.2) is 19.1 Å². The molecule has 0 radical (unpaired) electrons. The number of allylic oxidation sites excluding steroid dienone is 1. The minimum Gasteiger partial charge on any atom is -0.464 e. The summed E-state index contributed by atoms with van der Waals surface area (Å²) in [4.78, 5) is 12.9. The van der Waals surface area contributed by atoms with Gasteiger partial charge in [0, 0.05) is 84.6 Å². The number of ether oxygens (including phenoxy) is 1. The van der Waals surface area contributed by atoms with Gasteiger partial charge in [0.1, 0.15) is 34.3 Å². The van der Waals surface area contributed by atoms with Crippen molar-refractivity contribution in [3.8, 4) is 112 Å². The Morgan fingerprint density at radius 3 is 1.96 bits per heavy atom. The number of furan rings is 2. The predicted molar refractivity (Wildman–Crippen MR) is 394 cm³/mol. The summed E-state index contributed by atoms with van der Waals surface area (Å²) in [6.07, 6.45) is 12.3. The minimum atomic E-state index is -0.418. The number of pyridine rings is 2. The van der Waals surface area contributed by atoms with Crippen molar-refractivity contribution in [1.82, 2.24) is 19.1 Å². The summed E-state index contributed by atoms with van der Waals surface area (Å²) in [5.74, 6) is 3.22. The molecule has 6 aromatic heterocycles. The fourth-order valence-electron chi connectivity index (χ4n) is 15.8. The largest absolute Gasteiger partial charge is 0.464 e. The first-order chi connectivity index (χ1) is 47.8. The first-order valence-electron chi connectivity index (χ1n) is 33.0. The average Bonchev–Trinajstić information content (AvgIpc) is 1.58. The number of benzene rings is 11. The van der Waals surface area contributed by atoms with Gasteiger partial charge < -0.3 is 22.7 Å². The average molecular weight is 1240 g/mol. The molecule has 1 aliphatic carbocycles. The van der Waals surface area contributed by atoms with Gasteiger partial charge in [-0.2, -0.15) is 0 Å². The second kappa shape index (κ2) is 21.1. The maximum Gasteiger partial charge on any atom is 0.144 e. The molecule has 0 spiro atoms. The number of nitrogens with zero attached hydrogens (tertiary/aromatic N) is 5. The second-order valence-corrected chi connectivity index (χ2v) is 26.1. The fraction of sp³-hybridized carbons (Fsp3) is 0.0337. The van der Waals surface area contributed by atoms with Crippen LogP contribution in [-0.2, 0) is 5.41 Å². The third kappa shape index (κ3) is 8.43. The molecule has 8 nitrogen and oxygen atoms in total. The zero-order valence-electron chi connectivity index (χ0n) is 52.9. The molecular weight excluding hydrogens is 1190 g/mol. The zero-order chi connectivity index (χ0) is 64.0. The van der Waals surface area contributed by atoms with E-state index in [1.165, 1.54) is 22.3 Å². The number of anilines is 3. The Balaban J connectivity index is 0.724. The molecule has 0 bridgehead atoms. The Kier molecular flexibility index (Phi) is 11.9. The molecule has 8 heteroatoms. The Labute approximate surface area is 559 Å². The van der Waals surface area contributed by atoms with Crippen molar-refractivity contribution in [2.75, 3.05) is 4.90 Å². The van der Waals surface area contributed by atoms with Crippen molar-refractivity contribution >= 4 is 72.6 Å². The summed E-state index contributed by atoms with van der Waals surface area (Å²) >= 11 is 0. The SMILES string of the molecule is CC1(C)C(c2cccc(-c3cccc(N4c5ccc6c(-c7ccccc7)coc6c5-c5ccccc5-c5ccc6occc6c54)n3)c2)=Cc2cc3c(cc21)-c1ccc2c(ccn2-c2cc(-c4ccccc4)ccn2)c1Oc1ccc2c(ccn2-c2cccc(-c4ccccc4)c2)c1-3. The number of aromatic nitrogens is 4. The van der Waals surface area contributed by atoms with Crippen LogP contribution in [0.4, 0.5) is 17.2 Å². The summed E-state index contributed by atoms with van der Waals surface area (Å²) in [6, 6.07) is 97.6. The van der Waals surface area contributed by atoms with Gasteiger partial charge in [-0.25, -0.2) is 9.97 Å². The molecular formula is C89H57N5O3. The fourth-order valence-corrected chi connectivity index (χ4v) is 15.8. The summed E-state index contributed by atoms with van der Waals surface area (Å²) in [5.41, 5.74) is 28.3. The van der Waals surface area contributed by atoms with E-state index in [9.17, 15) is 0 Å². The molecule has 0 saturated carbocycles. The van der Waals surface area contributed by atoms with Crippen LogP contribution in [0.1, 0.15) is 30.5 Å². The second-order valence-electron chi connectivity index (χ2n) is 26.1. The Morgan fingerprint density at radius 1 is 0.412 bits per heavy atom. The normalized spacial score (nSPS) is 13.3. The summed E-state index contributed by atoms with van der Waals surface area (Å²) in [7, 11) is 0. The van der Waals surface area contributed by atoms with E-state index in [-0.39, 0.29) is 0 Å². The van der Waals surface area contributed by atoms with Crippen LogP contribution in [0.5, 0.6) is 11.5 Å². The topological polar surface area (TPSA) is 74.4 Å². The lowest BCUT2D eigenvalue weighted by Crippen LogP contribution is -2.16. The van der Waals surface area contributed by atoms with Gasteiger partial charge in [-0.15, -0.1) is 0 Å². The van der Waals surface area contributed by atoms with E-state index < -0.39 is 5.41 Å². The standard InChI is InChI=1S/C89H57N5O3/c1-89(2)74(59-24-14-25-60(47-59)76-29-16-30-82(91-76)94-79-35-32-67-73(56-21-10-5-11-22-56)53-96-88(67)85(79)64-28-13-12-27-63(64)65-33-37-80-70(86(65)94)42-46-95-80)50-61-49-72-71(52-75(61)89)66-31-34-78-69(41-45-93(78)83-51-58(39-43-90-83)55-19-8-4-9-20-55)87(66)97-81-38-36-77-68(84(72)81)40-44-92(77)62-26-15-23-57(48-62)54-17-6-3-7-18-54/h3-53H,1-2H3. The molecule has 20 rings (SSSR count). The number of hydrogen-bond acceptors (Lipinski definition) is 6. The van der Waals surface area contributed by atoms with Crippen LogP contribution >= 0.6 is 0 Å². The van der Waals surface area contributed by atoms with Crippen LogP contribution < -0.4 is 9.64 Å². The molecule has 2 aliphatic heterocycles. The Bertz CT molecular complexity index is 6140. The number of hydrogen-bond donors (Lipinski definition) is 0. The van der Waals surface area contributed by atoms with Crippen molar-refractivity contribution < 1.29 is 13.6 Å². The highest BCUT2D eigenvalue weighted by atomic mass is 16.5. The van der Waals surface area contributed by atoms with E-state index in [1.54, 1.807) is 6.26 Å². The maximum absolute atomic E-state index is 7.44. The van der Waals surface area contributed by atoms with E-state index in [0.29, 0.717) is 0 Å². The van der Waals surface area contributed by atoms with Gasteiger partial charge in [0.15, 0.2) is 0 Å². The first kappa shape index (κ1) is 54.7. The highest BCUT2D eigenvalue weighted by molar-refractivity contribution is 6.17. The quantitative estimate of drug-likeness (QED) is 0.151. The first-order valence-corrected chi connectivity index (χ1v) is 33.0. The van der Waals surface area contributed by atoms with Crippen molar-refractivity contribution in [2.45, 2.75) is 19.3 Å². The molecule has 97 heavy (non-hydrogen) atoms. The molecule has 0 N–H and O–H groups in total. The summed E-state index contributed by atoms with van der Waals surface area (Å²) < 4.78 is 24.9. The highest BCUT2D eigenvalue weighted by Crippen LogP contribution is 2.58. The molecule has 0 saturated heterocycles. The number of rotatable bonds is 8. The lowest BCUT2D eigenvalue weighted by Gasteiger charge is -2.27. The summed E-state index contributed by atoms with van der Waals surface area (Å²) in [5, 5.41) is 4.14. The van der Waals surface area contributed by atoms with Gasteiger partial charge in [0.25, 0.3) is 0 Å². The van der Waals surface area contributed by atoms with Crippen LogP contribution in [0, 0.1) is 0 Å². The van der Waals surface area contributed by atoms with Crippen molar-refractivity contribution in [1.29, 1.82) is 0 Å². The van der Waals surface area contributed by atoms with Gasteiger partial charge in [-0.05, 0) is 200 Å². The van der Waals surface area contributed by atoms with Crippen LogP contribution in [0.3, 0.4) is 0 Å². The molecule has 11 aromatic carbocycles. The molecule has 8 heterocycles. The number of fused-ring (bicyclic) bond motifs is 19. The summed E-state index contributed by atoms with van der Waals surface area (Å²) in [6.45, 7) is 4.74. The van der Waals surface area contributed by atoms with E-state index in [2.05, 4.69) is 307 Å². The molecule has 3 aliphatic rings. The van der Waals surface area contributed by atoms with E-state index >= 15 is 0 Å². The van der Waals surface area contributed by atoms with E-state index in [0.717, 1.165) is 173 Å². The monoisotopic (exact) mass is 1240 g/mol. The van der Waals surface area contributed by atoms with Crippen LogP contribution in [0.15, 0.2) is 313 Å². The van der Waals surface area contributed by atoms with Gasteiger partial charge in [0.05, 0.1) is 40.6 Å². The highest BCUT2D eigenvalue weighted by Gasteiger charge is 2.38. The molecule has 0 unspecified atom stereocenters. The third-order valence-electron chi connectivity index (χ3n) is 20.4. The van der Waals surface area contributed by atoms with Crippen LogP contribution in [0.25, 0.3) is 156 Å². The predicted octanol–water partition coefficient (Wildman–Crippen LogP) is 23.9. The maximum atomic E-state index is 7.44. The van der Waals surface area contributed by atoms with Crippen molar-refractivity contribution in [3.05, 3.63) is 321 Å². The van der Waals surface area contributed by atoms with Crippen LogP contribution in [0.2, 0.25) is 0 Å². The molecule has 17 aromatic rings. The lowest BCUT2D eigenvalue weighted by molar-refractivity contribution is 0.494. The smallest absolute Gasteiger partial charge is 0.144 e. The van der Waals surface area contributed by atoms with Gasteiger partial charge >= 0.3 is 0 Å².